The SMILES string of the molecule is CC/C=C/CCCCCCCC(=O)O.CCCCCCCCCCCCCCCC(=O)O. The van der Waals surface area contributed by atoms with Gasteiger partial charge >= 0.3 is 11.9 Å². The van der Waals surface area contributed by atoms with Gasteiger partial charge in [-0.05, 0) is 32.1 Å². The van der Waals surface area contributed by atoms with Gasteiger partial charge in [0.2, 0.25) is 0 Å². The van der Waals surface area contributed by atoms with Crippen molar-refractivity contribution in [2.24, 2.45) is 0 Å². The van der Waals surface area contributed by atoms with E-state index in [2.05, 4.69) is 26.0 Å². The number of unbranched alkanes of at least 4 members (excludes halogenated alkanes) is 17. The van der Waals surface area contributed by atoms with Crippen molar-refractivity contribution in [1.82, 2.24) is 0 Å². The first kappa shape index (κ1) is 32.9. The molecule has 0 aromatic rings. The highest BCUT2D eigenvalue weighted by atomic mass is 16.4. The van der Waals surface area contributed by atoms with Gasteiger partial charge in [0.05, 0.1) is 0 Å². The molecule has 0 saturated carbocycles. The summed E-state index contributed by atoms with van der Waals surface area (Å²) in [5, 5.41) is 16.9. The molecule has 0 aromatic carbocycles. The molecular weight excluding hydrogens is 400 g/mol. The zero-order valence-electron chi connectivity index (χ0n) is 21.4. The van der Waals surface area contributed by atoms with Crippen LogP contribution in [0.5, 0.6) is 0 Å². The Morgan fingerprint density at radius 3 is 1.19 bits per heavy atom. The first-order valence-corrected chi connectivity index (χ1v) is 13.6. The number of carboxylic acid groups (broad SMARTS) is 2. The fraction of sp³-hybridized carbons (Fsp3) is 0.857. The molecule has 0 radical (unpaired) electrons. The van der Waals surface area contributed by atoms with Gasteiger partial charge in [-0.1, -0.05) is 122 Å². The monoisotopic (exact) mass is 454 g/mol. The van der Waals surface area contributed by atoms with Crippen molar-refractivity contribution >= 4 is 11.9 Å². The predicted octanol–water partition coefficient (Wildman–Crippen LogP) is 9.32. The van der Waals surface area contributed by atoms with Crippen molar-refractivity contribution in [2.75, 3.05) is 0 Å². The predicted molar refractivity (Wildman–Crippen MR) is 137 cm³/mol. The molecule has 2 N–H and O–H groups in total. The third-order valence-electron chi connectivity index (χ3n) is 5.66. The average molecular weight is 455 g/mol. The second-order valence-electron chi connectivity index (χ2n) is 8.97. The summed E-state index contributed by atoms with van der Waals surface area (Å²) in [5.41, 5.74) is 0. The summed E-state index contributed by atoms with van der Waals surface area (Å²) in [7, 11) is 0. The van der Waals surface area contributed by atoms with Gasteiger partial charge in [0.25, 0.3) is 0 Å². The van der Waals surface area contributed by atoms with Crippen molar-refractivity contribution in [3.8, 4) is 0 Å². The number of carbonyl (C=O) groups is 2. The Bertz CT molecular complexity index is 418. The van der Waals surface area contributed by atoms with Gasteiger partial charge in [-0.15, -0.1) is 0 Å². The Labute approximate surface area is 199 Å². The third-order valence-corrected chi connectivity index (χ3v) is 5.66. The van der Waals surface area contributed by atoms with E-state index in [0.29, 0.717) is 12.8 Å². The Hall–Kier alpha value is -1.32. The van der Waals surface area contributed by atoms with E-state index in [-0.39, 0.29) is 0 Å². The Morgan fingerprint density at radius 1 is 0.500 bits per heavy atom. The van der Waals surface area contributed by atoms with Gasteiger partial charge in [-0.25, -0.2) is 0 Å². The first-order chi connectivity index (χ1) is 15.5. The zero-order valence-corrected chi connectivity index (χ0v) is 21.4. The summed E-state index contributed by atoms with van der Waals surface area (Å²) in [4.78, 5) is 20.5. The summed E-state index contributed by atoms with van der Waals surface area (Å²) < 4.78 is 0. The fourth-order valence-electron chi connectivity index (χ4n) is 3.65. The van der Waals surface area contributed by atoms with Crippen molar-refractivity contribution in [1.29, 1.82) is 0 Å². The highest BCUT2D eigenvalue weighted by Gasteiger charge is 1.97. The van der Waals surface area contributed by atoms with Crippen LogP contribution in [0, 0.1) is 0 Å². The molecule has 0 bridgehead atoms. The normalized spacial score (nSPS) is 10.8. The molecule has 0 fully saturated rings. The summed E-state index contributed by atoms with van der Waals surface area (Å²) in [6.07, 6.45) is 29.9. The molecule has 0 atom stereocenters. The van der Waals surface area contributed by atoms with Crippen LogP contribution >= 0.6 is 0 Å². The largest absolute Gasteiger partial charge is 0.481 e. The second-order valence-corrected chi connectivity index (χ2v) is 8.97. The number of hydrogen-bond acceptors (Lipinski definition) is 2. The van der Waals surface area contributed by atoms with E-state index in [1.165, 1.54) is 96.3 Å². The van der Waals surface area contributed by atoms with Crippen LogP contribution in [0.1, 0.15) is 155 Å². The molecule has 0 aliphatic carbocycles. The third kappa shape index (κ3) is 36.1. The maximum absolute atomic E-state index is 10.3. The minimum Gasteiger partial charge on any atom is -0.481 e. The topological polar surface area (TPSA) is 74.6 Å². The zero-order chi connectivity index (χ0) is 24.1. The van der Waals surface area contributed by atoms with Gasteiger partial charge < -0.3 is 10.2 Å². The molecule has 0 aliphatic rings. The van der Waals surface area contributed by atoms with Crippen molar-refractivity contribution in [3.63, 3.8) is 0 Å². The Morgan fingerprint density at radius 2 is 0.844 bits per heavy atom. The molecule has 0 aliphatic heterocycles. The van der Waals surface area contributed by atoms with Crippen LogP contribution in [-0.4, -0.2) is 22.2 Å². The molecule has 0 aromatic heterocycles. The number of aliphatic carboxylic acids is 2. The standard InChI is InChI=1S/C16H32O2.C12H22O2/c1-2-3-4-5-6-7-8-9-10-11-12-13-14-15-16(17)18;1-2-3-4-5-6-7-8-9-10-11-12(13)14/h2-15H2,1H3,(H,17,18);3-4H,2,5-11H2,1H3,(H,13,14)/b;4-3+. The lowest BCUT2D eigenvalue weighted by molar-refractivity contribution is -0.138. The lowest BCUT2D eigenvalue weighted by atomic mass is 10.0. The Balaban J connectivity index is 0. The molecule has 32 heavy (non-hydrogen) atoms. The number of rotatable bonds is 23. The highest BCUT2D eigenvalue weighted by Crippen LogP contribution is 2.13. The van der Waals surface area contributed by atoms with Gasteiger partial charge in [-0.3, -0.25) is 9.59 Å². The van der Waals surface area contributed by atoms with E-state index in [0.717, 1.165) is 32.1 Å². The molecular formula is C28H54O4. The maximum Gasteiger partial charge on any atom is 0.303 e. The van der Waals surface area contributed by atoms with Crippen LogP contribution in [0.4, 0.5) is 0 Å². The van der Waals surface area contributed by atoms with E-state index in [1.54, 1.807) is 0 Å². The fourth-order valence-corrected chi connectivity index (χ4v) is 3.65. The molecule has 0 amide bonds. The molecule has 0 unspecified atom stereocenters. The molecule has 0 rings (SSSR count). The second kappa shape index (κ2) is 29.7. The highest BCUT2D eigenvalue weighted by molar-refractivity contribution is 5.66. The molecule has 0 heterocycles. The van der Waals surface area contributed by atoms with Crippen molar-refractivity contribution < 1.29 is 19.8 Å². The summed E-state index contributed by atoms with van der Waals surface area (Å²) >= 11 is 0. The molecule has 0 saturated heterocycles. The van der Waals surface area contributed by atoms with Crippen LogP contribution in [0.15, 0.2) is 12.2 Å². The molecule has 0 spiro atoms. The van der Waals surface area contributed by atoms with E-state index in [1.807, 2.05) is 0 Å². The van der Waals surface area contributed by atoms with Crippen LogP contribution < -0.4 is 0 Å². The summed E-state index contributed by atoms with van der Waals surface area (Å²) in [6, 6.07) is 0. The van der Waals surface area contributed by atoms with Crippen molar-refractivity contribution in [2.45, 2.75) is 155 Å². The van der Waals surface area contributed by atoms with Gasteiger partial charge in [0.15, 0.2) is 0 Å². The minimum absolute atomic E-state index is 0.329. The average Bonchev–Trinajstić information content (AvgIpc) is 2.76. The van der Waals surface area contributed by atoms with Crippen LogP contribution in [0.2, 0.25) is 0 Å². The molecule has 4 nitrogen and oxygen atoms in total. The van der Waals surface area contributed by atoms with Crippen LogP contribution in [0.3, 0.4) is 0 Å². The van der Waals surface area contributed by atoms with Crippen LogP contribution in [-0.2, 0) is 9.59 Å². The van der Waals surface area contributed by atoms with Gasteiger partial charge in [-0.2, -0.15) is 0 Å². The van der Waals surface area contributed by atoms with Gasteiger partial charge in [0, 0.05) is 12.8 Å². The number of allylic oxidation sites excluding steroid dienone is 2. The van der Waals surface area contributed by atoms with E-state index >= 15 is 0 Å². The minimum atomic E-state index is -0.670. The summed E-state index contributed by atoms with van der Waals surface area (Å²) in [5.74, 6) is -1.33. The first-order valence-electron chi connectivity index (χ1n) is 13.6. The Kier molecular flexibility index (Phi) is 30.5. The number of hydrogen-bond donors (Lipinski definition) is 2. The number of carboxylic acids is 2. The lowest BCUT2D eigenvalue weighted by Gasteiger charge is -2.02. The van der Waals surface area contributed by atoms with E-state index in [9.17, 15) is 9.59 Å². The van der Waals surface area contributed by atoms with E-state index < -0.39 is 11.9 Å². The lowest BCUT2D eigenvalue weighted by Crippen LogP contribution is -1.93. The quantitative estimate of drug-likeness (QED) is 0.119. The van der Waals surface area contributed by atoms with Crippen LogP contribution in [0.25, 0.3) is 0 Å². The summed E-state index contributed by atoms with van der Waals surface area (Å²) in [6.45, 7) is 4.40. The molecule has 4 heteroatoms. The van der Waals surface area contributed by atoms with Crippen molar-refractivity contribution in [3.05, 3.63) is 12.2 Å². The maximum atomic E-state index is 10.3. The molecule has 190 valence electrons. The van der Waals surface area contributed by atoms with E-state index in [4.69, 9.17) is 10.2 Å². The van der Waals surface area contributed by atoms with Gasteiger partial charge in [0.1, 0.15) is 0 Å². The smallest absolute Gasteiger partial charge is 0.303 e.